The van der Waals surface area contributed by atoms with E-state index in [1.807, 2.05) is 25.1 Å². The summed E-state index contributed by atoms with van der Waals surface area (Å²) in [5.74, 6) is 0.293. The number of carbonyl (C=O) groups is 2. The Labute approximate surface area is 248 Å². The number of amides is 1. The number of aliphatic carboxylic acids is 1. The van der Waals surface area contributed by atoms with Crippen molar-refractivity contribution in [1.82, 2.24) is 20.1 Å². The van der Waals surface area contributed by atoms with Gasteiger partial charge >= 0.3 is 5.97 Å². The van der Waals surface area contributed by atoms with Crippen molar-refractivity contribution in [2.75, 3.05) is 11.9 Å². The summed E-state index contributed by atoms with van der Waals surface area (Å²) in [4.78, 5) is 29.8. The van der Waals surface area contributed by atoms with Crippen LogP contribution in [-0.2, 0) is 30.8 Å². The molecule has 1 atom stereocenters. The minimum Gasteiger partial charge on any atom is -0.481 e. The molecule has 218 valence electrons. The number of rotatable bonds is 11. The molecule has 0 spiro atoms. The zero-order chi connectivity index (χ0) is 29.6. The molecule has 0 saturated heterocycles. The van der Waals surface area contributed by atoms with Crippen molar-refractivity contribution in [3.05, 3.63) is 99.5 Å². The number of fused-ring (bicyclic) bond motifs is 1. The van der Waals surface area contributed by atoms with Gasteiger partial charge in [-0.1, -0.05) is 29.8 Å². The summed E-state index contributed by atoms with van der Waals surface area (Å²) in [7, 11) is 0. The molecule has 5 rings (SSSR count). The average molecular weight is 590 g/mol. The van der Waals surface area contributed by atoms with Crippen LogP contribution in [0, 0.1) is 6.92 Å². The van der Waals surface area contributed by atoms with Gasteiger partial charge in [-0.25, -0.2) is 4.98 Å². The molecule has 0 aliphatic carbocycles. The topological polar surface area (TPSA) is 139 Å². The first kappa shape index (κ1) is 29.1. The van der Waals surface area contributed by atoms with Gasteiger partial charge in [0.1, 0.15) is 17.3 Å². The third-order valence-electron chi connectivity index (χ3n) is 7.07. The van der Waals surface area contributed by atoms with Gasteiger partial charge in [0.05, 0.1) is 36.5 Å². The monoisotopic (exact) mass is 589 g/mol. The van der Waals surface area contributed by atoms with E-state index in [9.17, 15) is 19.8 Å². The molecule has 3 heterocycles. The van der Waals surface area contributed by atoms with E-state index in [1.165, 1.54) is 11.8 Å². The Morgan fingerprint density at radius 3 is 2.81 bits per heavy atom. The summed E-state index contributed by atoms with van der Waals surface area (Å²) in [5, 5.41) is 30.7. The molecule has 42 heavy (non-hydrogen) atoms. The average Bonchev–Trinajstić information content (AvgIpc) is 3.38. The number of aliphatic hydroxyl groups excluding tert-OH is 1. The van der Waals surface area contributed by atoms with E-state index in [0.717, 1.165) is 36.5 Å². The number of pyridine rings is 1. The maximum absolute atomic E-state index is 13.4. The molecular weight excluding hydrogens is 558 g/mol. The standard InChI is InChI=1S/C31H32ClN5O5/c1-19-12-22(32)15-25(13-19)42-24-6-2-4-21(14-24)27(16-29(39)40)36-31(41)26-17-34-37(28(26)18-38)11-9-23-8-7-20-5-3-10-33-30(20)35-23/h2,4,6-8,12-15,17,27,38H,3,5,9-11,16,18H2,1H3,(H,33,35)(H,36,41)(H,39,40). The molecule has 0 bridgehead atoms. The molecule has 1 aliphatic heterocycles. The number of carbonyl (C=O) groups excluding carboxylic acids is 1. The van der Waals surface area contributed by atoms with Gasteiger partial charge in [0.25, 0.3) is 5.91 Å². The molecule has 4 aromatic rings. The number of hydrogen-bond donors (Lipinski definition) is 4. The van der Waals surface area contributed by atoms with Crippen LogP contribution in [0.15, 0.2) is 60.8 Å². The van der Waals surface area contributed by atoms with Crippen molar-refractivity contribution in [1.29, 1.82) is 0 Å². The summed E-state index contributed by atoms with van der Waals surface area (Å²) < 4.78 is 7.54. The molecule has 10 nitrogen and oxygen atoms in total. The second kappa shape index (κ2) is 13.1. The highest BCUT2D eigenvalue weighted by Crippen LogP contribution is 2.29. The number of benzene rings is 2. The van der Waals surface area contributed by atoms with E-state index >= 15 is 0 Å². The number of nitrogens with one attached hydrogen (secondary N) is 2. The lowest BCUT2D eigenvalue weighted by molar-refractivity contribution is -0.137. The van der Waals surface area contributed by atoms with Gasteiger partial charge in [0.2, 0.25) is 0 Å². The second-order valence-corrected chi connectivity index (χ2v) is 10.7. The molecule has 4 N–H and O–H groups in total. The number of halogens is 1. The van der Waals surface area contributed by atoms with Crippen LogP contribution in [-0.4, -0.2) is 43.4 Å². The number of aromatic nitrogens is 3. The van der Waals surface area contributed by atoms with Crippen molar-refractivity contribution < 1.29 is 24.5 Å². The second-order valence-electron chi connectivity index (χ2n) is 10.2. The molecule has 0 fully saturated rings. The van der Waals surface area contributed by atoms with Crippen LogP contribution in [0.25, 0.3) is 0 Å². The Balaban J connectivity index is 1.30. The molecular formula is C31H32ClN5O5. The number of aryl methyl sites for hydroxylation is 4. The molecule has 2 aromatic heterocycles. The number of ether oxygens (including phenoxy) is 1. The molecule has 1 aliphatic rings. The summed E-state index contributed by atoms with van der Waals surface area (Å²) >= 11 is 6.15. The summed E-state index contributed by atoms with van der Waals surface area (Å²) in [6.07, 6.45) is 3.68. The Morgan fingerprint density at radius 1 is 1.17 bits per heavy atom. The third-order valence-corrected chi connectivity index (χ3v) is 7.29. The van der Waals surface area contributed by atoms with Crippen LogP contribution >= 0.6 is 11.6 Å². The van der Waals surface area contributed by atoms with Gasteiger partial charge in [-0.05, 0) is 72.9 Å². The molecule has 1 amide bonds. The summed E-state index contributed by atoms with van der Waals surface area (Å²) in [5.41, 5.74) is 4.07. The first-order valence-corrected chi connectivity index (χ1v) is 14.1. The lowest BCUT2D eigenvalue weighted by atomic mass is 10.0. The number of carboxylic acids is 1. The van der Waals surface area contributed by atoms with Gasteiger partial charge in [-0.15, -0.1) is 0 Å². The maximum Gasteiger partial charge on any atom is 0.305 e. The minimum atomic E-state index is -1.08. The highest BCUT2D eigenvalue weighted by atomic mass is 35.5. The first-order chi connectivity index (χ1) is 20.3. The van der Waals surface area contributed by atoms with Gasteiger partial charge in [0.15, 0.2) is 0 Å². The number of aliphatic hydroxyl groups is 1. The largest absolute Gasteiger partial charge is 0.481 e. The molecule has 1 unspecified atom stereocenters. The maximum atomic E-state index is 13.4. The van der Waals surface area contributed by atoms with Crippen LogP contribution in [0.4, 0.5) is 5.82 Å². The molecule has 2 aromatic carbocycles. The van der Waals surface area contributed by atoms with Crippen LogP contribution in [0.2, 0.25) is 5.02 Å². The summed E-state index contributed by atoms with van der Waals surface area (Å²) in [6.45, 7) is 2.81. The van der Waals surface area contributed by atoms with Crippen LogP contribution in [0.5, 0.6) is 11.5 Å². The molecule has 0 radical (unpaired) electrons. The van der Waals surface area contributed by atoms with E-state index in [0.29, 0.717) is 40.7 Å². The quantitative estimate of drug-likeness (QED) is 0.190. The lowest BCUT2D eigenvalue weighted by Crippen LogP contribution is -2.31. The van der Waals surface area contributed by atoms with Gasteiger partial charge in [0, 0.05) is 30.2 Å². The van der Waals surface area contributed by atoms with Crippen molar-refractivity contribution in [3.63, 3.8) is 0 Å². The Morgan fingerprint density at radius 2 is 2.02 bits per heavy atom. The zero-order valence-corrected chi connectivity index (χ0v) is 23.9. The smallest absolute Gasteiger partial charge is 0.305 e. The van der Waals surface area contributed by atoms with E-state index in [2.05, 4.69) is 21.8 Å². The summed E-state index contributed by atoms with van der Waals surface area (Å²) in [6, 6.07) is 15.4. The van der Waals surface area contributed by atoms with E-state index in [-0.39, 0.29) is 12.0 Å². The van der Waals surface area contributed by atoms with Crippen LogP contribution in [0.3, 0.4) is 0 Å². The first-order valence-electron chi connectivity index (χ1n) is 13.7. The third kappa shape index (κ3) is 7.07. The predicted molar refractivity (Wildman–Crippen MR) is 158 cm³/mol. The molecule has 0 saturated carbocycles. The normalized spacial score (nSPS) is 13.1. The number of hydrogen-bond acceptors (Lipinski definition) is 7. The van der Waals surface area contributed by atoms with Crippen molar-refractivity contribution >= 4 is 29.3 Å². The van der Waals surface area contributed by atoms with Crippen molar-refractivity contribution in [2.45, 2.75) is 51.8 Å². The zero-order valence-electron chi connectivity index (χ0n) is 23.1. The minimum absolute atomic E-state index is 0.176. The Bertz CT molecular complexity index is 1580. The van der Waals surface area contributed by atoms with Crippen molar-refractivity contribution in [3.8, 4) is 11.5 Å². The SMILES string of the molecule is Cc1cc(Cl)cc(Oc2cccc(C(CC(=O)O)NC(=O)c3cnn(CCc4ccc5c(n4)NCCC5)c3CO)c2)c1. The highest BCUT2D eigenvalue weighted by molar-refractivity contribution is 6.30. The van der Waals surface area contributed by atoms with E-state index in [1.54, 1.807) is 35.0 Å². The number of carboxylic acid groups (broad SMARTS) is 1. The number of nitrogens with zero attached hydrogens (tertiary/aromatic N) is 3. The molecule has 11 heteroatoms. The van der Waals surface area contributed by atoms with Crippen LogP contribution in [0.1, 0.15) is 57.3 Å². The van der Waals surface area contributed by atoms with Gasteiger partial charge in [-0.2, -0.15) is 5.10 Å². The van der Waals surface area contributed by atoms with E-state index in [4.69, 9.17) is 21.3 Å². The van der Waals surface area contributed by atoms with E-state index < -0.39 is 24.5 Å². The number of anilines is 1. The van der Waals surface area contributed by atoms with Crippen molar-refractivity contribution in [2.24, 2.45) is 0 Å². The van der Waals surface area contributed by atoms with Crippen LogP contribution < -0.4 is 15.4 Å². The Kier molecular flexibility index (Phi) is 9.04. The van der Waals surface area contributed by atoms with Gasteiger partial charge in [-0.3, -0.25) is 14.3 Å². The Hall–Kier alpha value is -4.41. The fraction of sp³-hybridized carbons (Fsp3) is 0.290. The fourth-order valence-corrected chi connectivity index (χ4v) is 5.32. The lowest BCUT2D eigenvalue weighted by Gasteiger charge is -2.19. The fourth-order valence-electron chi connectivity index (χ4n) is 5.04. The highest BCUT2D eigenvalue weighted by Gasteiger charge is 2.23. The predicted octanol–water partition coefficient (Wildman–Crippen LogP) is 5.07. The van der Waals surface area contributed by atoms with Gasteiger partial charge < -0.3 is 25.6 Å².